The molecule has 1 aromatic carbocycles. The fourth-order valence-corrected chi connectivity index (χ4v) is 2.59. The van der Waals surface area contributed by atoms with Crippen molar-refractivity contribution in [2.75, 3.05) is 17.2 Å². The predicted molar refractivity (Wildman–Crippen MR) is 87.8 cm³/mol. The maximum absolute atomic E-state index is 11.3. The first-order chi connectivity index (χ1) is 9.97. The number of hydrogen-bond acceptors (Lipinski definition) is 4. The number of carbonyl (C=O) groups is 1. The van der Waals surface area contributed by atoms with E-state index in [1.165, 1.54) is 0 Å². The van der Waals surface area contributed by atoms with Crippen molar-refractivity contribution in [2.45, 2.75) is 13.5 Å². The van der Waals surface area contributed by atoms with Gasteiger partial charge in [0.25, 0.3) is 0 Å². The second-order valence-corrected chi connectivity index (χ2v) is 5.73. The zero-order valence-corrected chi connectivity index (χ0v) is 13.3. The number of carbonyl (C=O) groups excluding carboxylic acids is 1. The summed E-state index contributed by atoms with van der Waals surface area (Å²) in [6.07, 6.45) is 1.70. The Morgan fingerprint density at radius 1 is 1.38 bits per heavy atom. The molecule has 1 heterocycles. The molecule has 0 unspecified atom stereocenters. The van der Waals surface area contributed by atoms with Crippen molar-refractivity contribution in [3.8, 4) is 0 Å². The van der Waals surface area contributed by atoms with E-state index in [4.69, 9.17) is 11.5 Å². The molecule has 0 aliphatic carbocycles. The van der Waals surface area contributed by atoms with Crippen molar-refractivity contribution in [1.82, 2.24) is 4.98 Å². The summed E-state index contributed by atoms with van der Waals surface area (Å²) in [6.45, 7) is 2.50. The van der Waals surface area contributed by atoms with Crippen LogP contribution in [0.4, 0.5) is 11.5 Å². The summed E-state index contributed by atoms with van der Waals surface area (Å²) in [6, 6.07) is 9.50. The van der Waals surface area contributed by atoms with E-state index in [1.54, 1.807) is 6.20 Å². The second-order valence-electron chi connectivity index (χ2n) is 4.82. The average Bonchev–Trinajstić information content (AvgIpc) is 2.40. The summed E-state index contributed by atoms with van der Waals surface area (Å²) in [5, 5.41) is 0. The number of pyridine rings is 1. The SMILES string of the molecule is Cc1cc(Br)cnc1N(CC(N)=O)Cc1ccccc1N. The molecular weight excluding hydrogens is 332 g/mol. The molecule has 2 aromatic rings. The molecule has 5 nitrogen and oxygen atoms in total. The molecule has 0 saturated carbocycles. The number of hydrogen-bond donors (Lipinski definition) is 2. The summed E-state index contributed by atoms with van der Waals surface area (Å²) in [4.78, 5) is 17.6. The molecular formula is C15H17BrN4O. The summed E-state index contributed by atoms with van der Waals surface area (Å²) >= 11 is 3.38. The van der Waals surface area contributed by atoms with Crippen LogP contribution in [0.25, 0.3) is 0 Å². The molecule has 110 valence electrons. The lowest BCUT2D eigenvalue weighted by molar-refractivity contribution is -0.116. The van der Waals surface area contributed by atoms with E-state index < -0.39 is 5.91 Å². The molecule has 1 aromatic heterocycles. The van der Waals surface area contributed by atoms with Crippen molar-refractivity contribution in [3.63, 3.8) is 0 Å². The van der Waals surface area contributed by atoms with Crippen molar-refractivity contribution in [3.05, 3.63) is 52.1 Å². The van der Waals surface area contributed by atoms with Gasteiger partial charge in [-0.3, -0.25) is 4.79 Å². The van der Waals surface area contributed by atoms with Crippen LogP contribution in [0.2, 0.25) is 0 Å². The van der Waals surface area contributed by atoms with Crippen molar-refractivity contribution in [1.29, 1.82) is 0 Å². The maximum atomic E-state index is 11.3. The van der Waals surface area contributed by atoms with Crippen LogP contribution in [-0.4, -0.2) is 17.4 Å². The molecule has 0 aliphatic heterocycles. The second kappa shape index (κ2) is 6.58. The first-order valence-corrected chi connectivity index (χ1v) is 7.25. The first-order valence-electron chi connectivity index (χ1n) is 6.46. The van der Waals surface area contributed by atoms with E-state index >= 15 is 0 Å². The predicted octanol–water partition coefficient (Wildman–Crippen LogP) is 2.23. The van der Waals surface area contributed by atoms with E-state index in [-0.39, 0.29) is 6.54 Å². The highest BCUT2D eigenvalue weighted by Crippen LogP contribution is 2.23. The lowest BCUT2D eigenvalue weighted by Gasteiger charge is -2.24. The Labute approximate surface area is 132 Å². The van der Waals surface area contributed by atoms with E-state index in [1.807, 2.05) is 42.2 Å². The van der Waals surface area contributed by atoms with Crippen LogP contribution in [0.3, 0.4) is 0 Å². The number of benzene rings is 1. The number of aromatic nitrogens is 1. The molecule has 6 heteroatoms. The first kappa shape index (κ1) is 15.3. The largest absolute Gasteiger partial charge is 0.398 e. The van der Waals surface area contributed by atoms with Gasteiger partial charge in [-0.15, -0.1) is 0 Å². The molecule has 21 heavy (non-hydrogen) atoms. The number of anilines is 2. The number of nitrogens with zero attached hydrogens (tertiary/aromatic N) is 2. The topological polar surface area (TPSA) is 85.2 Å². The molecule has 0 saturated heterocycles. The number of rotatable bonds is 5. The molecule has 0 bridgehead atoms. The number of nitrogens with two attached hydrogens (primary N) is 2. The highest BCUT2D eigenvalue weighted by atomic mass is 79.9. The normalized spacial score (nSPS) is 10.4. The standard InChI is InChI=1S/C15H17BrN4O/c1-10-6-12(16)7-19-15(10)20(9-14(18)21)8-11-4-2-3-5-13(11)17/h2-7H,8-9,17H2,1H3,(H2,18,21). The fraction of sp³-hybridized carbons (Fsp3) is 0.200. The van der Waals surface area contributed by atoms with Gasteiger partial charge in [0.15, 0.2) is 0 Å². The molecule has 1 amide bonds. The Hall–Kier alpha value is -2.08. The Bertz CT molecular complexity index is 660. The quantitative estimate of drug-likeness (QED) is 0.811. The van der Waals surface area contributed by atoms with Gasteiger partial charge in [0.2, 0.25) is 5.91 Å². The van der Waals surface area contributed by atoms with Gasteiger partial charge in [0.1, 0.15) is 5.82 Å². The number of nitrogen functional groups attached to an aromatic ring is 1. The van der Waals surface area contributed by atoms with E-state index in [0.29, 0.717) is 12.2 Å². The maximum Gasteiger partial charge on any atom is 0.237 e. The third-order valence-corrected chi connectivity index (χ3v) is 3.51. The minimum atomic E-state index is -0.409. The Kier molecular flexibility index (Phi) is 4.80. The molecule has 0 atom stereocenters. The Morgan fingerprint density at radius 2 is 2.10 bits per heavy atom. The van der Waals surface area contributed by atoms with E-state index in [0.717, 1.165) is 21.4 Å². The molecule has 0 radical (unpaired) electrons. The van der Waals surface area contributed by atoms with Crippen LogP contribution in [0.1, 0.15) is 11.1 Å². The summed E-state index contributed by atoms with van der Waals surface area (Å²) in [7, 11) is 0. The molecule has 2 rings (SSSR count). The minimum absolute atomic E-state index is 0.0871. The van der Waals surface area contributed by atoms with Crippen LogP contribution in [0, 0.1) is 6.92 Å². The Morgan fingerprint density at radius 3 is 2.71 bits per heavy atom. The van der Waals surface area contributed by atoms with Gasteiger partial charge in [-0.1, -0.05) is 18.2 Å². The van der Waals surface area contributed by atoms with Crippen LogP contribution >= 0.6 is 15.9 Å². The van der Waals surface area contributed by atoms with E-state index in [9.17, 15) is 4.79 Å². The van der Waals surface area contributed by atoms with Gasteiger partial charge < -0.3 is 16.4 Å². The van der Waals surface area contributed by atoms with Gasteiger partial charge in [0, 0.05) is 22.9 Å². The highest BCUT2D eigenvalue weighted by Gasteiger charge is 2.15. The van der Waals surface area contributed by atoms with Gasteiger partial charge >= 0.3 is 0 Å². The smallest absolute Gasteiger partial charge is 0.237 e. The zero-order chi connectivity index (χ0) is 15.4. The third-order valence-electron chi connectivity index (χ3n) is 3.08. The number of halogens is 1. The molecule has 0 aliphatic rings. The lowest BCUT2D eigenvalue weighted by Crippen LogP contribution is -2.34. The van der Waals surface area contributed by atoms with Crippen LogP contribution < -0.4 is 16.4 Å². The number of primary amides is 1. The number of amides is 1. The molecule has 4 N–H and O–H groups in total. The van der Waals surface area contributed by atoms with Crippen LogP contribution in [-0.2, 0) is 11.3 Å². The molecule has 0 fully saturated rings. The summed E-state index contributed by atoms with van der Waals surface area (Å²) in [5.41, 5.74) is 13.9. The lowest BCUT2D eigenvalue weighted by atomic mass is 10.1. The van der Waals surface area contributed by atoms with Gasteiger partial charge in [0.05, 0.1) is 6.54 Å². The van der Waals surface area contributed by atoms with Crippen molar-refractivity contribution in [2.24, 2.45) is 5.73 Å². The van der Waals surface area contributed by atoms with Crippen molar-refractivity contribution < 1.29 is 4.79 Å². The van der Waals surface area contributed by atoms with Crippen LogP contribution in [0.5, 0.6) is 0 Å². The zero-order valence-electron chi connectivity index (χ0n) is 11.7. The third kappa shape index (κ3) is 3.95. The van der Waals surface area contributed by atoms with Crippen molar-refractivity contribution >= 4 is 33.3 Å². The minimum Gasteiger partial charge on any atom is -0.398 e. The summed E-state index contributed by atoms with van der Waals surface area (Å²) in [5.74, 6) is 0.314. The number of aryl methyl sites for hydroxylation is 1. The summed E-state index contributed by atoms with van der Waals surface area (Å²) < 4.78 is 0.891. The van der Waals surface area contributed by atoms with Gasteiger partial charge in [-0.25, -0.2) is 4.98 Å². The Balaban J connectivity index is 2.34. The van der Waals surface area contributed by atoms with E-state index in [2.05, 4.69) is 20.9 Å². The van der Waals surface area contributed by atoms with Gasteiger partial charge in [-0.05, 0) is 46.1 Å². The van der Waals surface area contributed by atoms with Crippen LogP contribution in [0.15, 0.2) is 41.0 Å². The van der Waals surface area contributed by atoms with Gasteiger partial charge in [-0.2, -0.15) is 0 Å². The average molecular weight is 349 g/mol. The number of para-hydroxylation sites is 1. The highest BCUT2D eigenvalue weighted by molar-refractivity contribution is 9.10. The molecule has 0 spiro atoms. The fourth-order valence-electron chi connectivity index (χ4n) is 2.14. The monoisotopic (exact) mass is 348 g/mol.